The molecule has 1 amide bonds. The second kappa shape index (κ2) is 4.82. The molecule has 0 aromatic carbocycles. The van der Waals surface area contributed by atoms with Crippen molar-refractivity contribution >= 4 is 11.9 Å². The summed E-state index contributed by atoms with van der Waals surface area (Å²) >= 11 is 0. The van der Waals surface area contributed by atoms with Gasteiger partial charge in [-0.3, -0.25) is 9.59 Å². The molecule has 0 aromatic rings. The molecule has 16 heavy (non-hydrogen) atoms. The predicted molar refractivity (Wildman–Crippen MR) is 57.8 cm³/mol. The van der Waals surface area contributed by atoms with Gasteiger partial charge >= 0.3 is 5.97 Å². The summed E-state index contributed by atoms with van der Waals surface area (Å²) in [4.78, 5) is 22.1. The molecule has 0 saturated heterocycles. The Balaban J connectivity index is 2.30. The van der Waals surface area contributed by atoms with E-state index in [0.29, 0.717) is 12.8 Å². The number of carbonyl (C=O) groups excluding carboxylic acids is 1. The molecule has 5 heteroatoms. The highest BCUT2D eigenvalue weighted by Crippen LogP contribution is 2.26. The summed E-state index contributed by atoms with van der Waals surface area (Å²) in [5.74, 6) is -1.03. The van der Waals surface area contributed by atoms with Crippen LogP contribution in [-0.2, 0) is 9.59 Å². The Morgan fingerprint density at radius 3 is 2.31 bits per heavy atom. The molecule has 0 heterocycles. The number of aliphatic carboxylic acids is 1. The number of aliphatic hydroxyl groups excluding tert-OH is 1. The summed E-state index contributed by atoms with van der Waals surface area (Å²) in [6.07, 6.45) is 1.09. The molecule has 5 nitrogen and oxygen atoms in total. The molecule has 1 saturated carbocycles. The first-order valence-electron chi connectivity index (χ1n) is 5.48. The van der Waals surface area contributed by atoms with Gasteiger partial charge in [-0.2, -0.15) is 0 Å². The second-order valence-electron chi connectivity index (χ2n) is 5.30. The fourth-order valence-electron chi connectivity index (χ4n) is 1.89. The van der Waals surface area contributed by atoms with Crippen molar-refractivity contribution in [1.82, 2.24) is 5.32 Å². The topological polar surface area (TPSA) is 86.6 Å². The van der Waals surface area contributed by atoms with Crippen molar-refractivity contribution in [2.24, 2.45) is 5.41 Å². The van der Waals surface area contributed by atoms with Gasteiger partial charge in [-0.15, -0.1) is 0 Å². The molecule has 1 fully saturated rings. The number of carbonyl (C=O) groups is 2. The van der Waals surface area contributed by atoms with E-state index in [4.69, 9.17) is 10.2 Å². The van der Waals surface area contributed by atoms with E-state index in [1.54, 1.807) is 13.8 Å². The highest BCUT2D eigenvalue weighted by molar-refractivity contribution is 5.78. The molecule has 0 radical (unpaired) electrons. The fourth-order valence-corrected chi connectivity index (χ4v) is 1.89. The maximum absolute atomic E-state index is 11.6. The zero-order valence-corrected chi connectivity index (χ0v) is 9.69. The summed E-state index contributed by atoms with van der Waals surface area (Å²) < 4.78 is 0. The summed E-state index contributed by atoms with van der Waals surface area (Å²) in [7, 11) is 0. The Morgan fingerprint density at radius 1 is 1.31 bits per heavy atom. The lowest BCUT2D eigenvalue weighted by atomic mass is 9.84. The molecule has 0 spiro atoms. The molecule has 0 unspecified atom stereocenters. The zero-order chi connectivity index (χ0) is 12.3. The van der Waals surface area contributed by atoms with Gasteiger partial charge in [0.25, 0.3) is 0 Å². The highest BCUT2D eigenvalue weighted by Gasteiger charge is 2.31. The van der Waals surface area contributed by atoms with Gasteiger partial charge in [0, 0.05) is 12.5 Å². The van der Waals surface area contributed by atoms with E-state index in [2.05, 4.69) is 5.32 Å². The highest BCUT2D eigenvalue weighted by atomic mass is 16.4. The van der Waals surface area contributed by atoms with Crippen molar-refractivity contribution in [2.45, 2.75) is 51.7 Å². The Kier molecular flexibility index (Phi) is 3.91. The Bertz CT molecular complexity index is 282. The fraction of sp³-hybridized carbons (Fsp3) is 0.818. The number of hydrogen-bond donors (Lipinski definition) is 3. The number of carboxylic acid groups (broad SMARTS) is 1. The number of hydrogen-bond acceptors (Lipinski definition) is 3. The lowest BCUT2D eigenvalue weighted by Gasteiger charge is -2.33. The van der Waals surface area contributed by atoms with Crippen molar-refractivity contribution in [3.8, 4) is 0 Å². The predicted octanol–water partition coefficient (Wildman–Crippen LogP) is 0.517. The van der Waals surface area contributed by atoms with Crippen LogP contribution < -0.4 is 5.32 Å². The molecule has 0 bridgehead atoms. The van der Waals surface area contributed by atoms with Gasteiger partial charge in [0.15, 0.2) is 0 Å². The molecule has 92 valence electrons. The van der Waals surface area contributed by atoms with E-state index in [9.17, 15) is 9.59 Å². The van der Waals surface area contributed by atoms with E-state index in [-0.39, 0.29) is 30.9 Å². The molecule has 3 N–H and O–H groups in total. The molecule has 0 aliphatic heterocycles. The van der Waals surface area contributed by atoms with Crippen LogP contribution in [0.2, 0.25) is 0 Å². The average molecular weight is 229 g/mol. The minimum absolute atomic E-state index is 0.0201. The van der Waals surface area contributed by atoms with Gasteiger partial charge < -0.3 is 15.5 Å². The van der Waals surface area contributed by atoms with Crippen molar-refractivity contribution in [3.05, 3.63) is 0 Å². The van der Waals surface area contributed by atoms with Gasteiger partial charge in [-0.1, -0.05) is 13.8 Å². The van der Waals surface area contributed by atoms with Crippen LogP contribution in [0.3, 0.4) is 0 Å². The second-order valence-corrected chi connectivity index (χ2v) is 5.30. The number of amides is 1. The maximum Gasteiger partial charge on any atom is 0.303 e. The van der Waals surface area contributed by atoms with Crippen LogP contribution in [0, 0.1) is 5.41 Å². The first kappa shape index (κ1) is 13.0. The summed E-state index contributed by atoms with van der Waals surface area (Å²) in [5.41, 5.74) is -0.529. The first-order chi connectivity index (χ1) is 7.28. The Hall–Kier alpha value is -1.10. The van der Waals surface area contributed by atoms with Crippen molar-refractivity contribution in [3.63, 3.8) is 0 Å². The van der Waals surface area contributed by atoms with Crippen molar-refractivity contribution < 1.29 is 19.8 Å². The normalized spacial score (nSPS) is 24.7. The monoisotopic (exact) mass is 229 g/mol. The Morgan fingerprint density at radius 2 is 1.88 bits per heavy atom. The zero-order valence-electron chi connectivity index (χ0n) is 9.69. The van der Waals surface area contributed by atoms with Crippen molar-refractivity contribution in [2.75, 3.05) is 0 Å². The van der Waals surface area contributed by atoms with Gasteiger partial charge in [0.2, 0.25) is 5.91 Å². The van der Waals surface area contributed by atoms with Gasteiger partial charge in [0.05, 0.1) is 12.5 Å². The SMILES string of the molecule is CC(C)(CC(=O)O)CC(=O)NC1CC(O)C1. The molecular formula is C11H19NO4. The quantitative estimate of drug-likeness (QED) is 0.641. The lowest BCUT2D eigenvalue weighted by Crippen LogP contribution is -2.47. The molecule has 0 atom stereocenters. The van der Waals surface area contributed by atoms with E-state index < -0.39 is 11.4 Å². The third-order valence-electron chi connectivity index (χ3n) is 2.75. The number of aliphatic hydroxyl groups is 1. The minimum atomic E-state index is -0.892. The van der Waals surface area contributed by atoms with E-state index >= 15 is 0 Å². The third kappa shape index (κ3) is 4.18. The van der Waals surface area contributed by atoms with Crippen LogP contribution in [0.5, 0.6) is 0 Å². The minimum Gasteiger partial charge on any atom is -0.481 e. The van der Waals surface area contributed by atoms with Crippen LogP contribution in [0.4, 0.5) is 0 Å². The molecule has 0 aromatic heterocycles. The molecular weight excluding hydrogens is 210 g/mol. The largest absolute Gasteiger partial charge is 0.481 e. The lowest BCUT2D eigenvalue weighted by molar-refractivity contribution is -0.139. The summed E-state index contributed by atoms with van der Waals surface area (Å²) in [5, 5.41) is 20.5. The van der Waals surface area contributed by atoms with Crippen LogP contribution in [-0.4, -0.2) is 34.2 Å². The standard InChI is InChI=1S/C11H19NO4/c1-11(2,6-10(15)16)5-9(14)12-7-3-8(13)4-7/h7-8,13H,3-6H2,1-2H3,(H,12,14)(H,15,16). The van der Waals surface area contributed by atoms with E-state index in [1.807, 2.05) is 0 Å². The molecule has 1 rings (SSSR count). The summed E-state index contributed by atoms with van der Waals surface area (Å²) in [6, 6.07) is 0.0585. The summed E-state index contributed by atoms with van der Waals surface area (Å²) in [6.45, 7) is 3.52. The Labute approximate surface area is 94.8 Å². The maximum atomic E-state index is 11.6. The van der Waals surface area contributed by atoms with Crippen LogP contribution in [0.15, 0.2) is 0 Å². The van der Waals surface area contributed by atoms with Gasteiger partial charge in [0.1, 0.15) is 0 Å². The van der Waals surface area contributed by atoms with Crippen molar-refractivity contribution in [1.29, 1.82) is 0 Å². The van der Waals surface area contributed by atoms with Crippen LogP contribution in [0.1, 0.15) is 39.5 Å². The third-order valence-corrected chi connectivity index (χ3v) is 2.75. The van der Waals surface area contributed by atoms with Crippen LogP contribution in [0.25, 0.3) is 0 Å². The molecule has 1 aliphatic rings. The van der Waals surface area contributed by atoms with Gasteiger partial charge in [-0.25, -0.2) is 0 Å². The number of nitrogens with one attached hydrogen (secondary N) is 1. The van der Waals surface area contributed by atoms with Crippen LogP contribution >= 0.6 is 0 Å². The smallest absolute Gasteiger partial charge is 0.303 e. The average Bonchev–Trinajstić information content (AvgIpc) is 1.96. The number of carboxylic acids is 1. The first-order valence-corrected chi connectivity index (χ1v) is 5.48. The number of rotatable bonds is 5. The van der Waals surface area contributed by atoms with Gasteiger partial charge in [-0.05, 0) is 18.3 Å². The molecule has 1 aliphatic carbocycles. The van der Waals surface area contributed by atoms with E-state index in [0.717, 1.165) is 0 Å². The van der Waals surface area contributed by atoms with E-state index in [1.165, 1.54) is 0 Å².